The fraction of sp³-hybridized carbons (Fsp3) is 0.435. The third kappa shape index (κ3) is 3.81. The van der Waals surface area contributed by atoms with Crippen LogP contribution in [0.25, 0.3) is 10.2 Å². The van der Waals surface area contributed by atoms with Gasteiger partial charge in [-0.3, -0.25) is 14.2 Å². The van der Waals surface area contributed by atoms with E-state index in [9.17, 15) is 9.59 Å². The van der Waals surface area contributed by atoms with Crippen LogP contribution in [-0.4, -0.2) is 27.8 Å². The van der Waals surface area contributed by atoms with Gasteiger partial charge >= 0.3 is 0 Å². The highest BCUT2D eigenvalue weighted by atomic mass is 32.2. The highest BCUT2D eigenvalue weighted by Crippen LogP contribution is 2.36. The first-order valence-electron chi connectivity index (χ1n) is 10.4. The number of aromatic nitrogens is 2. The Kier molecular flexibility index (Phi) is 6.02. The van der Waals surface area contributed by atoms with E-state index >= 15 is 0 Å². The third-order valence-corrected chi connectivity index (χ3v) is 8.15. The first-order valence-corrected chi connectivity index (χ1v) is 12.1. The fourth-order valence-electron chi connectivity index (χ4n) is 4.12. The lowest BCUT2D eigenvalue weighted by Gasteiger charge is -2.23. The number of amides is 1. The molecular weight excluding hydrogens is 414 g/mol. The number of thiophene rings is 1. The normalized spacial score (nSPS) is 15.6. The minimum atomic E-state index is -0.352. The lowest BCUT2D eigenvalue weighted by atomic mass is 10.2. The van der Waals surface area contributed by atoms with Crippen LogP contribution < -0.4 is 10.5 Å². The molecule has 2 heterocycles. The Morgan fingerprint density at radius 1 is 1.23 bits per heavy atom. The number of hydrogen-bond donors (Lipinski definition) is 0. The molecule has 0 saturated heterocycles. The number of nitrogens with zero attached hydrogens (tertiary/aromatic N) is 3. The Morgan fingerprint density at radius 2 is 1.90 bits per heavy atom. The second-order valence-electron chi connectivity index (χ2n) is 7.96. The van der Waals surface area contributed by atoms with Crippen LogP contribution in [0, 0.1) is 13.8 Å². The maximum Gasteiger partial charge on any atom is 0.263 e. The summed E-state index contributed by atoms with van der Waals surface area (Å²) in [5, 5.41) is 1.06. The zero-order valence-electron chi connectivity index (χ0n) is 17.8. The zero-order chi connectivity index (χ0) is 21.4. The molecule has 158 valence electrons. The van der Waals surface area contributed by atoms with Gasteiger partial charge in [-0.2, -0.15) is 0 Å². The van der Waals surface area contributed by atoms with E-state index in [-0.39, 0.29) is 22.8 Å². The molecule has 1 aliphatic rings. The molecule has 1 aromatic carbocycles. The second-order valence-corrected chi connectivity index (χ2v) is 10.5. The highest BCUT2D eigenvalue weighted by Gasteiger charge is 2.28. The molecule has 30 heavy (non-hydrogen) atoms. The van der Waals surface area contributed by atoms with Crippen molar-refractivity contribution in [3.05, 3.63) is 51.1 Å². The average molecular weight is 442 g/mol. The van der Waals surface area contributed by atoms with E-state index in [4.69, 9.17) is 4.98 Å². The molecule has 0 aliphatic heterocycles. The Hall–Kier alpha value is -2.12. The number of rotatable bonds is 5. The van der Waals surface area contributed by atoms with Gasteiger partial charge in [-0.05, 0) is 51.3 Å². The van der Waals surface area contributed by atoms with Gasteiger partial charge in [0.25, 0.3) is 5.56 Å². The number of benzene rings is 1. The molecule has 1 atom stereocenters. The SMILES string of the molecule is Cc1sc2nc(S[C@@H](C)C(=O)N(C)c3ccccc3)n(C3CCCC3)c(=O)c2c1C. The largest absolute Gasteiger partial charge is 0.315 e. The topological polar surface area (TPSA) is 55.2 Å². The number of carbonyl (C=O) groups is 1. The van der Waals surface area contributed by atoms with E-state index in [0.29, 0.717) is 5.16 Å². The molecule has 3 aromatic rings. The lowest BCUT2D eigenvalue weighted by molar-refractivity contribution is -0.117. The van der Waals surface area contributed by atoms with E-state index in [1.165, 1.54) is 11.8 Å². The monoisotopic (exact) mass is 441 g/mol. The predicted molar refractivity (Wildman–Crippen MR) is 126 cm³/mol. The molecule has 1 aliphatic carbocycles. The Bertz CT molecular complexity index is 1130. The molecule has 0 spiro atoms. The van der Waals surface area contributed by atoms with Crippen molar-refractivity contribution in [1.29, 1.82) is 0 Å². The van der Waals surface area contributed by atoms with Gasteiger partial charge in [0.2, 0.25) is 5.91 Å². The predicted octanol–water partition coefficient (Wildman–Crippen LogP) is 5.33. The number of thioether (sulfide) groups is 1. The molecule has 5 nitrogen and oxygen atoms in total. The Labute approximate surface area is 185 Å². The molecule has 4 rings (SSSR count). The molecule has 0 N–H and O–H groups in total. The summed E-state index contributed by atoms with van der Waals surface area (Å²) < 4.78 is 1.88. The van der Waals surface area contributed by atoms with E-state index in [2.05, 4.69) is 0 Å². The summed E-state index contributed by atoms with van der Waals surface area (Å²) in [7, 11) is 1.79. The second kappa shape index (κ2) is 8.55. The molecule has 0 bridgehead atoms. The number of hydrogen-bond acceptors (Lipinski definition) is 5. The maximum atomic E-state index is 13.5. The zero-order valence-corrected chi connectivity index (χ0v) is 19.5. The molecule has 7 heteroatoms. The van der Waals surface area contributed by atoms with Crippen LogP contribution in [0.5, 0.6) is 0 Å². The minimum Gasteiger partial charge on any atom is -0.315 e. The quantitative estimate of drug-likeness (QED) is 0.396. The Balaban J connectivity index is 1.71. The van der Waals surface area contributed by atoms with E-state index in [1.54, 1.807) is 23.3 Å². The Morgan fingerprint density at radius 3 is 2.57 bits per heavy atom. The summed E-state index contributed by atoms with van der Waals surface area (Å²) in [6.07, 6.45) is 4.25. The maximum absolute atomic E-state index is 13.5. The average Bonchev–Trinajstić information content (AvgIpc) is 3.36. The van der Waals surface area contributed by atoms with Crippen molar-refractivity contribution in [3.63, 3.8) is 0 Å². The van der Waals surface area contributed by atoms with Crippen LogP contribution in [0.3, 0.4) is 0 Å². The van der Waals surface area contributed by atoms with Gasteiger partial charge in [-0.15, -0.1) is 11.3 Å². The van der Waals surface area contributed by atoms with Crippen molar-refractivity contribution in [1.82, 2.24) is 9.55 Å². The van der Waals surface area contributed by atoms with Crippen LogP contribution in [0.15, 0.2) is 40.3 Å². The van der Waals surface area contributed by atoms with Crippen molar-refractivity contribution in [2.24, 2.45) is 0 Å². The molecule has 0 radical (unpaired) electrons. The molecular formula is C23H27N3O2S2. The number of anilines is 1. The first kappa shape index (κ1) is 21.1. The van der Waals surface area contributed by atoms with Gasteiger partial charge in [0.05, 0.1) is 10.6 Å². The summed E-state index contributed by atoms with van der Waals surface area (Å²) in [6, 6.07) is 9.80. The van der Waals surface area contributed by atoms with Crippen LogP contribution in [-0.2, 0) is 4.79 Å². The van der Waals surface area contributed by atoms with E-state index in [0.717, 1.165) is 52.0 Å². The highest BCUT2D eigenvalue weighted by molar-refractivity contribution is 8.00. The fourth-order valence-corrected chi connectivity index (χ4v) is 6.26. The molecule has 1 fully saturated rings. The van der Waals surface area contributed by atoms with Crippen molar-refractivity contribution < 1.29 is 4.79 Å². The summed E-state index contributed by atoms with van der Waals surface area (Å²) in [5.41, 5.74) is 1.94. The van der Waals surface area contributed by atoms with Gasteiger partial charge in [0, 0.05) is 23.7 Å². The van der Waals surface area contributed by atoms with Crippen molar-refractivity contribution in [2.45, 2.75) is 62.9 Å². The standard InChI is InChI=1S/C23H27N3O2S2/c1-14-15(2)29-20-19(14)22(28)26(18-12-8-9-13-18)23(24-20)30-16(3)21(27)25(4)17-10-6-5-7-11-17/h5-7,10-11,16,18H,8-9,12-13H2,1-4H3/t16-/m0/s1. The smallest absolute Gasteiger partial charge is 0.263 e. The number of fused-ring (bicyclic) bond motifs is 1. The van der Waals surface area contributed by atoms with Crippen molar-refractivity contribution in [2.75, 3.05) is 11.9 Å². The van der Waals surface area contributed by atoms with Gasteiger partial charge in [0.15, 0.2) is 5.16 Å². The molecule has 0 unspecified atom stereocenters. The van der Waals surface area contributed by atoms with Crippen molar-refractivity contribution in [3.8, 4) is 0 Å². The van der Waals surface area contributed by atoms with Crippen LogP contribution in [0.1, 0.15) is 49.1 Å². The van der Waals surface area contributed by atoms with Gasteiger partial charge in [-0.1, -0.05) is 42.8 Å². The summed E-state index contributed by atoms with van der Waals surface area (Å²) in [4.78, 5) is 35.1. The van der Waals surface area contributed by atoms with E-state index < -0.39 is 0 Å². The molecule has 1 saturated carbocycles. The molecule has 2 aromatic heterocycles. The van der Waals surface area contributed by atoms with Gasteiger partial charge in [-0.25, -0.2) is 4.98 Å². The summed E-state index contributed by atoms with van der Waals surface area (Å²) in [5.74, 6) is -0.00272. The number of para-hydroxylation sites is 1. The first-order chi connectivity index (χ1) is 14.4. The van der Waals surface area contributed by atoms with Crippen LogP contribution in [0.4, 0.5) is 5.69 Å². The van der Waals surface area contributed by atoms with E-state index in [1.807, 2.05) is 55.7 Å². The molecule has 1 amide bonds. The lowest BCUT2D eigenvalue weighted by Crippen LogP contribution is -2.34. The number of carbonyl (C=O) groups excluding carboxylic acids is 1. The summed E-state index contributed by atoms with van der Waals surface area (Å²) >= 11 is 2.96. The summed E-state index contributed by atoms with van der Waals surface area (Å²) in [6.45, 7) is 5.94. The van der Waals surface area contributed by atoms with Crippen LogP contribution in [0.2, 0.25) is 0 Å². The van der Waals surface area contributed by atoms with Crippen molar-refractivity contribution >= 4 is 44.9 Å². The third-order valence-electron chi connectivity index (χ3n) is 6.00. The minimum absolute atomic E-state index is 0.00272. The van der Waals surface area contributed by atoms with Gasteiger partial charge < -0.3 is 4.90 Å². The number of aryl methyl sites for hydroxylation is 2. The van der Waals surface area contributed by atoms with Gasteiger partial charge in [0.1, 0.15) is 4.83 Å². The van der Waals surface area contributed by atoms with Crippen LogP contribution >= 0.6 is 23.1 Å².